The molecule has 218 valence electrons. The number of oxime groups is 1. The molecule has 1 saturated heterocycles. The van der Waals surface area contributed by atoms with Gasteiger partial charge in [-0.2, -0.15) is 0 Å². The maximum Gasteiger partial charge on any atom is 0.407 e. The van der Waals surface area contributed by atoms with Gasteiger partial charge in [0.2, 0.25) is 6.79 Å². The van der Waals surface area contributed by atoms with Crippen molar-refractivity contribution < 1.29 is 47.8 Å². The van der Waals surface area contributed by atoms with Crippen LogP contribution in [-0.4, -0.2) is 94.4 Å². The smallest absolute Gasteiger partial charge is 0.407 e. The molecule has 0 saturated carbocycles. The number of nitrogens with two attached hydrogens (primary N) is 1. The number of β-lactam (4-membered cyclic amide) rings is 1. The Labute approximate surface area is 235 Å². The Kier molecular flexibility index (Phi) is 9.91. The zero-order valence-corrected chi connectivity index (χ0v) is 23.2. The Balaban J connectivity index is 1.76. The number of amides is 3. The van der Waals surface area contributed by atoms with Gasteiger partial charge in [-0.3, -0.25) is 19.3 Å². The molecule has 0 aromatic carbocycles. The van der Waals surface area contributed by atoms with Gasteiger partial charge in [-0.1, -0.05) is 5.16 Å². The third-order valence-corrected chi connectivity index (χ3v) is 7.35. The Hall–Kier alpha value is -3.93. The van der Waals surface area contributed by atoms with E-state index < -0.39 is 72.5 Å². The van der Waals surface area contributed by atoms with Crippen molar-refractivity contribution in [3.63, 3.8) is 0 Å². The number of hydrogen-bond acceptors (Lipinski definition) is 14. The minimum Gasteiger partial charge on any atom is -0.445 e. The quantitative estimate of drug-likeness (QED) is 0.0713. The summed E-state index contributed by atoms with van der Waals surface area (Å²) in [7, 11) is 0. The van der Waals surface area contributed by atoms with Gasteiger partial charge in [-0.15, -0.1) is 23.1 Å². The molecule has 5 N–H and O–H groups in total. The molecule has 3 rings (SSSR count). The first-order chi connectivity index (χ1) is 18.9. The summed E-state index contributed by atoms with van der Waals surface area (Å²) in [5.41, 5.74) is 4.17. The number of esters is 2. The van der Waals surface area contributed by atoms with Gasteiger partial charge >= 0.3 is 18.0 Å². The second kappa shape index (κ2) is 12.9. The molecule has 15 nitrogen and oxygen atoms in total. The lowest BCUT2D eigenvalue weighted by Crippen LogP contribution is -2.71. The number of nitrogen functional groups attached to an aromatic ring is 1. The summed E-state index contributed by atoms with van der Waals surface area (Å²) in [6.45, 7) is 2.56. The average Bonchev–Trinajstić information content (AvgIpc) is 3.33. The lowest BCUT2D eigenvalue weighted by Gasteiger charge is -2.49. The number of anilines is 1. The number of nitrogens with zero attached hydrogens (tertiary/aromatic N) is 3. The van der Waals surface area contributed by atoms with Crippen molar-refractivity contribution >= 4 is 63.8 Å². The number of thiazole rings is 1. The van der Waals surface area contributed by atoms with E-state index in [1.807, 2.05) is 0 Å². The van der Waals surface area contributed by atoms with Gasteiger partial charge in [0.05, 0.1) is 5.41 Å². The van der Waals surface area contributed by atoms with Crippen molar-refractivity contribution in [2.75, 3.05) is 38.1 Å². The lowest BCUT2D eigenvalue weighted by molar-refractivity contribution is -0.173. The predicted octanol–water partition coefficient (Wildman–Crippen LogP) is 0.343. The zero-order valence-electron chi connectivity index (χ0n) is 21.6. The standard InChI is InChI=1S/C22H27FN6O9S2/c1-22(2,3)19(33)38-9-37-18(32)14-10(6-36-21(34)25-5-4-23)7-39-17-13(16(31)29(14)17)27-15(30)12(28-35)11-8-40-20(24)26-11/h8,13,17,35H,4-7,9H2,1-3H3,(H2,24,26)(H,25,34)(H,27,30)/b28-12-/t13?,17-/m0/s1. The molecule has 1 aromatic heterocycles. The summed E-state index contributed by atoms with van der Waals surface area (Å²) in [6, 6.07) is -1.12. The van der Waals surface area contributed by atoms with Gasteiger partial charge < -0.3 is 35.8 Å². The Morgan fingerprint density at radius 1 is 1.27 bits per heavy atom. The second-order valence-electron chi connectivity index (χ2n) is 9.26. The van der Waals surface area contributed by atoms with E-state index in [9.17, 15) is 33.6 Å². The number of nitrogens with one attached hydrogen (secondary N) is 2. The van der Waals surface area contributed by atoms with Crippen LogP contribution in [0.15, 0.2) is 21.8 Å². The van der Waals surface area contributed by atoms with Crippen molar-refractivity contribution in [1.29, 1.82) is 0 Å². The Bertz CT molecular complexity index is 1250. The first kappa shape index (κ1) is 30.6. The largest absolute Gasteiger partial charge is 0.445 e. The second-order valence-corrected chi connectivity index (χ2v) is 11.3. The molecule has 0 spiro atoms. The van der Waals surface area contributed by atoms with Gasteiger partial charge in [0.15, 0.2) is 10.8 Å². The molecule has 0 radical (unpaired) electrons. The van der Waals surface area contributed by atoms with Gasteiger partial charge in [-0.25, -0.2) is 19.0 Å². The number of thioether (sulfide) groups is 1. The molecular formula is C22H27FN6O9S2. The Morgan fingerprint density at radius 3 is 2.60 bits per heavy atom. The summed E-state index contributed by atoms with van der Waals surface area (Å²) in [6.07, 6.45) is -0.942. The molecular weight excluding hydrogens is 575 g/mol. The van der Waals surface area contributed by atoms with Crippen molar-refractivity contribution in [1.82, 2.24) is 20.5 Å². The normalized spacial score (nSPS) is 18.9. The number of hydrogen-bond donors (Lipinski definition) is 4. The highest BCUT2D eigenvalue weighted by Crippen LogP contribution is 2.40. The van der Waals surface area contributed by atoms with Crippen LogP contribution in [0.1, 0.15) is 26.5 Å². The average molecular weight is 603 g/mol. The first-order valence-corrected chi connectivity index (χ1v) is 13.5. The Morgan fingerprint density at radius 2 is 2.00 bits per heavy atom. The van der Waals surface area contributed by atoms with E-state index in [4.69, 9.17) is 19.9 Å². The fourth-order valence-electron chi connectivity index (χ4n) is 3.38. The summed E-state index contributed by atoms with van der Waals surface area (Å²) in [5.74, 6) is -3.22. The van der Waals surface area contributed by atoms with Crippen LogP contribution in [0.2, 0.25) is 0 Å². The van der Waals surface area contributed by atoms with E-state index in [2.05, 4.69) is 20.8 Å². The van der Waals surface area contributed by atoms with Crippen molar-refractivity contribution in [2.45, 2.75) is 32.2 Å². The number of carbonyl (C=O) groups excluding carboxylic acids is 5. The summed E-state index contributed by atoms with van der Waals surface area (Å²) in [5, 5.41) is 17.6. The summed E-state index contributed by atoms with van der Waals surface area (Å²) in [4.78, 5) is 67.6. The van der Waals surface area contributed by atoms with Crippen LogP contribution >= 0.6 is 23.1 Å². The maximum atomic E-state index is 13.1. The number of carbonyl (C=O) groups is 5. The fraction of sp³-hybridized carbons (Fsp3) is 0.500. The van der Waals surface area contributed by atoms with Crippen LogP contribution < -0.4 is 16.4 Å². The van der Waals surface area contributed by atoms with E-state index in [-0.39, 0.29) is 34.4 Å². The van der Waals surface area contributed by atoms with Crippen LogP contribution in [0.25, 0.3) is 0 Å². The SMILES string of the molecule is CC(C)(C)C(=O)OCOC(=O)C1=C(COC(=O)NCCF)CS[C@H]2C(NC(=O)/C(=N\O)c3csc(N)n3)C(=O)N12. The van der Waals surface area contributed by atoms with Gasteiger partial charge in [0.1, 0.15) is 36.1 Å². The fourth-order valence-corrected chi connectivity index (χ4v) is 5.25. The molecule has 2 aliphatic rings. The highest BCUT2D eigenvalue weighted by atomic mass is 32.2. The number of rotatable bonds is 10. The highest BCUT2D eigenvalue weighted by molar-refractivity contribution is 8.00. The third-order valence-electron chi connectivity index (χ3n) is 5.34. The minimum atomic E-state index is -1.12. The van der Waals surface area contributed by atoms with Crippen LogP contribution in [0.5, 0.6) is 0 Å². The first-order valence-electron chi connectivity index (χ1n) is 11.6. The molecule has 0 aliphatic carbocycles. The van der Waals surface area contributed by atoms with E-state index in [1.54, 1.807) is 20.8 Å². The number of alkyl halides is 1. The molecule has 1 aromatic rings. The summed E-state index contributed by atoms with van der Waals surface area (Å²) >= 11 is 2.16. The monoisotopic (exact) mass is 602 g/mol. The topological polar surface area (TPSA) is 212 Å². The molecule has 2 aliphatic heterocycles. The van der Waals surface area contributed by atoms with Crippen LogP contribution in [0.3, 0.4) is 0 Å². The van der Waals surface area contributed by atoms with E-state index in [0.29, 0.717) is 0 Å². The molecule has 3 heterocycles. The number of alkyl carbamates (subject to hydrolysis) is 1. The lowest BCUT2D eigenvalue weighted by atomic mass is 9.98. The maximum absolute atomic E-state index is 13.1. The zero-order chi connectivity index (χ0) is 29.6. The van der Waals surface area contributed by atoms with E-state index >= 15 is 0 Å². The molecule has 1 unspecified atom stereocenters. The molecule has 3 amide bonds. The molecule has 18 heteroatoms. The number of ether oxygens (including phenoxy) is 3. The molecule has 40 heavy (non-hydrogen) atoms. The van der Waals surface area contributed by atoms with Gasteiger partial charge in [-0.05, 0) is 20.8 Å². The predicted molar refractivity (Wildman–Crippen MR) is 139 cm³/mol. The van der Waals surface area contributed by atoms with Crippen molar-refractivity contribution in [3.05, 3.63) is 22.3 Å². The van der Waals surface area contributed by atoms with E-state index in [1.165, 1.54) is 5.38 Å². The van der Waals surface area contributed by atoms with E-state index in [0.717, 1.165) is 28.0 Å². The molecule has 0 bridgehead atoms. The van der Waals surface area contributed by atoms with Crippen LogP contribution in [0.4, 0.5) is 14.3 Å². The number of halogens is 1. The van der Waals surface area contributed by atoms with Crippen LogP contribution in [-0.2, 0) is 33.4 Å². The molecule has 1 fully saturated rings. The summed E-state index contributed by atoms with van der Waals surface area (Å²) < 4.78 is 27.4. The minimum absolute atomic E-state index is 0.00173. The number of aromatic nitrogens is 1. The van der Waals surface area contributed by atoms with Crippen molar-refractivity contribution in [2.24, 2.45) is 10.6 Å². The van der Waals surface area contributed by atoms with Gasteiger partial charge in [0.25, 0.3) is 11.8 Å². The van der Waals surface area contributed by atoms with Crippen molar-refractivity contribution in [3.8, 4) is 0 Å². The van der Waals surface area contributed by atoms with Crippen LogP contribution in [0, 0.1) is 5.41 Å². The van der Waals surface area contributed by atoms with Gasteiger partial charge in [0, 0.05) is 23.3 Å². The molecule has 2 atom stereocenters. The highest BCUT2D eigenvalue weighted by Gasteiger charge is 2.55. The third kappa shape index (κ3) is 6.98. The number of fused-ring (bicyclic) bond motifs is 1.